The molecule has 2 aromatic rings. The maximum Gasteiger partial charge on any atom is 0.120 e. The maximum atomic E-state index is 11.0. The van der Waals surface area contributed by atoms with Gasteiger partial charge >= 0.3 is 0 Å². The van der Waals surface area contributed by atoms with Crippen LogP contribution in [0, 0.1) is 11.3 Å². The van der Waals surface area contributed by atoms with Gasteiger partial charge in [-0.2, -0.15) is 5.26 Å². The van der Waals surface area contributed by atoms with Gasteiger partial charge in [-0.25, -0.2) is 0 Å². The number of nitrogens with one attached hydrogen (secondary N) is 1. The molecule has 5 heteroatoms. The summed E-state index contributed by atoms with van der Waals surface area (Å²) in [5.74, 6) is 0.225. The SMILES string of the molecule is CCC(CC=O)c1ccc(N2CCOCC2)c(Nc2ccc(C#N)cc2)c1. The maximum absolute atomic E-state index is 11.0. The number of morpholine rings is 1. The quantitative estimate of drug-likeness (QED) is 0.746. The molecule has 0 radical (unpaired) electrons. The number of nitriles is 1. The van der Waals surface area contributed by atoms with Gasteiger partial charge in [0, 0.05) is 25.2 Å². The van der Waals surface area contributed by atoms with Gasteiger partial charge in [-0.05, 0) is 54.3 Å². The van der Waals surface area contributed by atoms with Gasteiger partial charge in [0.1, 0.15) is 6.29 Å². The number of rotatable bonds is 7. The molecule has 27 heavy (non-hydrogen) atoms. The number of ether oxygens (including phenoxy) is 1. The van der Waals surface area contributed by atoms with Crippen molar-refractivity contribution in [3.63, 3.8) is 0 Å². The average Bonchev–Trinajstić information content (AvgIpc) is 2.73. The first kappa shape index (κ1) is 18.9. The number of nitrogens with zero attached hydrogens (tertiary/aromatic N) is 2. The molecule has 1 fully saturated rings. The molecule has 1 atom stereocenters. The van der Waals surface area contributed by atoms with E-state index < -0.39 is 0 Å². The number of carbonyl (C=O) groups is 1. The Balaban J connectivity index is 1.94. The van der Waals surface area contributed by atoms with Gasteiger partial charge in [-0.1, -0.05) is 13.0 Å². The van der Waals surface area contributed by atoms with E-state index in [1.54, 1.807) is 0 Å². The van der Waals surface area contributed by atoms with Crippen molar-refractivity contribution in [3.8, 4) is 6.07 Å². The van der Waals surface area contributed by atoms with Crippen molar-refractivity contribution < 1.29 is 9.53 Å². The summed E-state index contributed by atoms with van der Waals surface area (Å²) < 4.78 is 5.48. The van der Waals surface area contributed by atoms with E-state index in [-0.39, 0.29) is 5.92 Å². The minimum Gasteiger partial charge on any atom is -0.378 e. The predicted octanol–water partition coefficient (Wildman–Crippen LogP) is 4.22. The van der Waals surface area contributed by atoms with Gasteiger partial charge in [0.05, 0.1) is 36.2 Å². The molecule has 0 saturated carbocycles. The van der Waals surface area contributed by atoms with Crippen LogP contribution in [0.4, 0.5) is 17.1 Å². The van der Waals surface area contributed by atoms with Crippen molar-refractivity contribution in [2.45, 2.75) is 25.7 Å². The molecule has 1 N–H and O–H groups in total. The molecule has 0 aliphatic carbocycles. The molecule has 140 valence electrons. The molecule has 0 bridgehead atoms. The second-order valence-corrected chi connectivity index (χ2v) is 6.70. The predicted molar refractivity (Wildman–Crippen MR) is 108 cm³/mol. The first-order valence-corrected chi connectivity index (χ1v) is 9.42. The number of aldehydes is 1. The van der Waals surface area contributed by atoms with Crippen LogP contribution in [0.25, 0.3) is 0 Å². The lowest BCUT2D eigenvalue weighted by atomic mass is 9.93. The summed E-state index contributed by atoms with van der Waals surface area (Å²) in [4.78, 5) is 13.4. The molecule has 5 nitrogen and oxygen atoms in total. The van der Waals surface area contributed by atoms with Crippen LogP contribution in [0.3, 0.4) is 0 Å². The number of hydrogen-bond acceptors (Lipinski definition) is 5. The van der Waals surface area contributed by atoms with Crippen LogP contribution >= 0.6 is 0 Å². The van der Waals surface area contributed by atoms with E-state index in [1.165, 1.54) is 0 Å². The van der Waals surface area contributed by atoms with Crippen molar-refractivity contribution in [1.82, 2.24) is 0 Å². The van der Waals surface area contributed by atoms with Crippen LogP contribution in [0.5, 0.6) is 0 Å². The monoisotopic (exact) mass is 363 g/mol. The van der Waals surface area contributed by atoms with Crippen LogP contribution in [-0.2, 0) is 9.53 Å². The molecule has 1 aliphatic heterocycles. The smallest absolute Gasteiger partial charge is 0.120 e. The zero-order valence-corrected chi connectivity index (χ0v) is 15.6. The Bertz CT molecular complexity index is 805. The average molecular weight is 363 g/mol. The van der Waals surface area contributed by atoms with Crippen molar-refractivity contribution in [2.75, 3.05) is 36.5 Å². The summed E-state index contributed by atoms with van der Waals surface area (Å²) in [5, 5.41) is 12.5. The fourth-order valence-corrected chi connectivity index (χ4v) is 3.43. The van der Waals surface area contributed by atoms with E-state index in [9.17, 15) is 4.79 Å². The summed E-state index contributed by atoms with van der Waals surface area (Å²) >= 11 is 0. The summed E-state index contributed by atoms with van der Waals surface area (Å²) in [6, 6.07) is 16.0. The van der Waals surface area contributed by atoms with E-state index in [0.29, 0.717) is 12.0 Å². The molecule has 1 saturated heterocycles. The largest absolute Gasteiger partial charge is 0.378 e. The van der Waals surface area contributed by atoms with Crippen LogP contribution < -0.4 is 10.2 Å². The molecule has 3 rings (SSSR count). The highest BCUT2D eigenvalue weighted by molar-refractivity contribution is 5.76. The fraction of sp³-hybridized carbons (Fsp3) is 0.364. The van der Waals surface area contributed by atoms with Gasteiger partial charge < -0.3 is 19.7 Å². The van der Waals surface area contributed by atoms with E-state index in [4.69, 9.17) is 10.00 Å². The van der Waals surface area contributed by atoms with Crippen molar-refractivity contribution in [2.24, 2.45) is 0 Å². The molecule has 2 aromatic carbocycles. The molecule has 1 aliphatic rings. The van der Waals surface area contributed by atoms with Crippen molar-refractivity contribution in [3.05, 3.63) is 53.6 Å². The Labute approximate surface area is 160 Å². The third kappa shape index (κ3) is 4.66. The van der Waals surface area contributed by atoms with Crippen LogP contribution in [0.1, 0.15) is 36.8 Å². The lowest BCUT2D eigenvalue weighted by Crippen LogP contribution is -2.36. The summed E-state index contributed by atoms with van der Waals surface area (Å²) in [7, 11) is 0. The molecular formula is C22H25N3O2. The summed E-state index contributed by atoms with van der Waals surface area (Å²) in [6.45, 7) is 5.26. The zero-order valence-electron chi connectivity index (χ0n) is 15.6. The lowest BCUT2D eigenvalue weighted by molar-refractivity contribution is -0.108. The summed E-state index contributed by atoms with van der Waals surface area (Å²) in [6.07, 6.45) is 2.45. The van der Waals surface area contributed by atoms with Crippen molar-refractivity contribution >= 4 is 23.3 Å². The number of carbonyl (C=O) groups excluding carboxylic acids is 1. The fourth-order valence-electron chi connectivity index (χ4n) is 3.43. The van der Waals surface area contributed by atoms with Crippen LogP contribution in [-0.4, -0.2) is 32.6 Å². The Morgan fingerprint density at radius 2 is 1.96 bits per heavy atom. The normalized spacial score (nSPS) is 15.0. The second kappa shape index (κ2) is 9.20. The number of anilines is 3. The van der Waals surface area contributed by atoms with E-state index >= 15 is 0 Å². The molecule has 0 aromatic heterocycles. The van der Waals surface area contributed by atoms with Gasteiger partial charge in [-0.15, -0.1) is 0 Å². The molecule has 1 heterocycles. The Kier molecular flexibility index (Phi) is 6.45. The molecule has 0 amide bonds. The highest BCUT2D eigenvalue weighted by Gasteiger charge is 2.17. The zero-order chi connectivity index (χ0) is 19.1. The highest BCUT2D eigenvalue weighted by atomic mass is 16.5. The highest BCUT2D eigenvalue weighted by Crippen LogP contribution is 2.34. The van der Waals surface area contributed by atoms with E-state index in [2.05, 4.69) is 41.4 Å². The minimum atomic E-state index is 0.225. The third-order valence-electron chi connectivity index (χ3n) is 5.01. The Morgan fingerprint density at radius 1 is 1.22 bits per heavy atom. The van der Waals surface area contributed by atoms with Crippen LogP contribution in [0.2, 0.25) is 0 Å². The number of hydrogen-bond donors (Lipinski definition) is 1. The standard InChI is InChI=1S/C22H25N3O2/c1-2-18(9-12-26)19-5-8-22(25-10-13-27-14-11-25)21(15-19)24-20-6-3-17(16-23)4-7-20/h3-8,12,15,18,24H,2,9-11,13-14H2,1H3. The Hall–Kier alpha value is -2.84. The molecule has 0 spiro atoms. The van der Waals surface area contributed by atoms with Gasteiger partial charge in [0.25, 0.3) is 0 Å². The molecule has 1 unspecified atom stereocenters. The third-order valence-corrected chi connectivity index (χ3v) is 5.01. The van der Waals surface area contributed by atoms with Gasteiger partial charge in [0.2, 0.25) is 0 Å². The van der Waals surface area contributed by atoms with Gasteiger partial charge in [-0.3, -0.25) is 0 Å². The molecular weight excluding hydrogens is 338 g/mol. The first-order chi connectivity index (χ1) is 13.2. The Morgan fingerprint density at radius 3 is 2.59 bits per heavy atom. The van der Waals surface area contributed by atoms with Crippen LogP contribution in [0.15, 0.2) is 42.5 Å². The lowest BCUT2D eigenvalue weighted by Gasteiger charge is -2.31. The second-order valence-electron chi connectivity index (χ2n) is 6.70. The summed E-state index contributed by atoms with van der Waals surface area (Å²) in [5.41, 5.74) is 4.89. The van der Waals surface area contributed by atoms with Gasteiger partial charge in [0.15, 0.2) is 0 Å². The first-order valence-electron chi connectivity index (χ1n) is 9.42. The van der Waals surface area contributed by atoms with Crippen molar-refractivity contribution in [1.29, 1.82) is 5.26 Å². The topological polar surface area (TPSA) is 65.4 Å². The van der Waals surface area contributed by atoms with E-state index in [0.717, 1.165) is 61.6 Å². The number of benzene rings is 2. The van der Waals surface area contributed by atoms with E-state index in [1.807, 2.05) is 24.3 Å². The minimum absolute atomic E-state index is 0.225.